The summed E-state index contributed by atoms with van der Waals surface area (Å²) >= 11 is 3.45. The van der Waals surface area contributed by atoms with Crippen LogP contribution >= 0.6 is 15.9 Å². The van der Waals surface area contributed by atoms with Gasteiger partial charge in [-0.3, -0.25) is 9.59 Å². The van der Waals surface area contributed by atoms with Gasteiger partial charge in [-0.25, -0.2) is 0 Å². The zero-order valence-corrected chi connectivity index (χ0v) is 15.8. The second kappa shape index (κ2) is 7.83. The number of amides is 2. The maximum atomic E-state index is 12.8. The number of nitrogens with one attached hydrogen (secondary N) is 1. The van der Waals surface area contributed by atoms with E-state index in [1.165, 1.54) is 5.56 Å². The van der Waals surface area contributed by atoms with Crippen LogP contribution in [0.4, 0.5) is 5.69 Å². The van der Waals surface area contributed by atoms with Crippen molar-refractivity contribution in [3.8, 4) is 0 Å². The molecular formula is C20H21BrN2O2. The quantitative estimate of drug-likeness (QED) is 0.853. The predicted octanol–water partition coefficient (Wildman–Crippen LogP) is 3.48. The zero-order valence-electron chi connectivity index (χ0n) is 14.2. The molecule has 0 fully saturated rings. The van der Waals surface area contributed by atoms with E-state index in [2.05, 4.69) is 27.3 Å². The second-order valence-corrected chi connectivity index (χ2v) is 7.13. The van der Waals surface area contributed by atoms with Crippen LogP contribution < -0.4 is 10.2 Å². The lowest BCUT2D eigenvalue weighted by atomic mass is 10.0. The lowest BCUT2D eigenvalue weighted by molar-refractivity contribution is -0.126. The lowest BCUT2D eigenvalue weighted by Crippen LogP contribution is -2.49. The van der Waals surface area contributed by atoms with Crippen LogP contribution in [0.5, 0.6) is 0 Å². The van der Waals surface area contributed by atoms with Crippen LogP contribution in [0.1, 0.15) is 24.5 Å². The van der Waals surface area contributed by atoms with Gasteiger partial charge in [0, 0.05) is 16.7 Å². The van der Waals surface area contributed by atoms with Crippen molar-refractivity contribution in [1.82, 2.24) is 5.32 Å². The molecule has 25 heavy (non-hydrogen) atoms. The number of hydrogen-bond acceptors (Lipinski definition) is 2. The summed E-state index contributed by atoms with van der Waals surface area (Å²) in [5, 5.41) is 2.83. The zero-order chi connectivity index (χ0) is 17.8. The van der Waals surface area contributed by atoms with Gasteiger partial charge in [0.2, 0.25) is 11.8 Å². The minimum atomic E-state index is -0.554. The van der Waals surface area contributed by atoms with Gasteiger partial charge >= 0.3 is 0 Å². The highest BCUT2D eigenvalue weighted by Gasteiger charge is 2.27. The summed E-state index contributed by atoms with van der Waals surface area (Å²) in [6, 6.07) is 15.0. The standard InChI is InChI=1S/C20H21BrN2O2/c1-14(22-19(24)13-16-8-2-4-10-17(16)21)20(25)23-12-6-9-15-7-3-5-11-18(15)23/h2-5,7-8,10-11,14H,6,9,12-13H2,1H3,(H,22,24). The highest BCUT2D eigenvalue weighted by Crippen LogP contribution is 2.27. The average molecular weight is 401 g/mol. The van der Waals surface area contributed by atoms with E-state index >= 15 is 0 Å². The number of rotatable bonds is 4. The van der Waals surface area contributed by atoms with E-state index in [9.17, 15) is 9.59 Å². The number of hydrogen-bond donors (Lipinski definition) is 1. The molecule has 0 aliphatic carbocycles. The fraction of sp³-hybridized carbons (Fsp3) is 0.300. The Morgan fingerprint density at radius 2 is 1.88 bits per heavy atom. The van der Waals surface area contributed by atoms with Crippen molar-refractivity contribution in [2.45, 2.75) is 32.2 Å². The third-order valence-corrected chi connectivity index (χ3v) is 5.21. The molecule has 1 N–H and O–H groups in total. The number of para-hydroxylation sites is 1. The van der Waals surface area contributed by atoms with Gasteiger partial charge in [-0.2, -0.15) is 0 Å². The minimum Gasteiger partial charge on any atom is -0.344 e. The molecule has 1 unspecified atom stereocenters. The minimum absolute atomic E-state index is 0.0624. The van der Waals surface area contributed by atoms with E-state index < -0.39 is 6.04 Å². The summed E-state index contributed by atoms with van der Waals surface area (Å²) in [4.78, 5) is 26.9. The van der Waals surface area contributed by atoms with Gasteiger partial charge in [-0.15, -0.1) is 0 Å². The molecule has 1 aliphatic heterocycles. The van der Waals surface area contributed by atoms with E-state index in [4.69, 9.17) is 0 Å². The molecule has 0 saturated carbocycles. The Balaban J connectivity index is 1.65. The van der Waals surface area contributed by atoms with E-state index in [1.54, 1.807) is 11.8 Å². The Kier molecular flexibility index (Phi) is 5.53. The summed E-state index contributed by atoms with van der Waals surface area (Å²) in [6.07, 6.45) is 2.18. The van der Waals surface area contributed by atoms with Crippen molar-refractivity contribution in [3.63, 3.8) is 0 Å². The molecule has 5 heteroatoms. The first-order valence-corrected chi connectivity index (χ1v) is 9.27. The molecule has 0 spiro atoms. The third kappa shape index (κ3) is 4.10. The number of anilines is 1. The smallest absolute Gasteiger partial charge is 0.249 e. The van der Waals surface area contributed by atoms with E-state index in [-0.39, 0.29) is 18.2 Å². The van der Waals surface area contributed by atoms with E-state index in [1.807, 2.05) is 42.5 Å². The molecule has 2 aromatic carbocycles. The van der Waals surface area contributed by atoms with Crippen molar-refractivity contribution in [3.05, 3.63) is 64.1 Å². The Bertz CT molecular complexity index is 791. The number of fused-ring (bicyclic) bond motifs is 1. The second-order valence-electron chi connectivity index (χ2n) is 6.28. The molecule has 0 bridgehead atoms. The Morgan fingerprint density at radius 1 is 1.16 bits per heavy atom. The van der Waals surface area contributed by atoms with Gasteiger partial charge < -0.3 is 10.2 Å². The van der Waals surface area contributed by atoms with Crippen molar-refractivity contribution in [1.29, 1.82) is 0 Å². The van der Waals surface area contributed by atoms with Gasteiger partial charge in [0.25, 0.3) is 0 Å². The molecule has 0 radical (unpaired) electrons. The maximum absolute atomic E-state index is 12.8. The Hall–Kier alpha value is -2.14. The lowest BCUT2D eigenvalue weighted by Gasteiger charge is -2.31. The summed E-state index contributed by atoms with van der Waals surface area (Å²) < 4.78 is 0.897. The molecule has 2 aromatic rings. The van der Waals surface area contributed by atoms with Gasteiger partial charge in [-0.05, 0) is 43.0 Å². The summed E-state index contributed by atoms with van der Waals surface area (Å²) in [5.41, 5.74) is 3.06. The van der Waals surface area contributed by atoms with E-state index in [0.29, 0.717) is 6.54 Å². The summed E-state index contributed by atoms with van der Waals surface area (Å²) in [6.45, 7) is 2.44. The molecule has 0 saturated heterocycles. The molecule has 1 aliphatic rings. The van der Waals surface area contributed by atoms with Gasteiger partial charge in [0.05, 0.1) is 6.42 Å². The van der Waals surface area contributed by atoms with Crippen molar-refractivity contribution >= 4 is 33.4 Å². The first kappa shape index (κ1) is 17.7. The largest absolute Gasteiger partial charge is 0.344 e. The van der Waals surface area contributed by atoms with Crippen LogP contribution in [-0.4, -0.2) is 24.4 Å². The molecular weight excluding hydrogens is 380 g/mol. The van der Waals surface area contributed by atoms with Gasteiger partial charge in [-0.1, -0.05) is 52.3 Å². The van der Waals surface area contributed by atoms with Crippen LogP contribution in [0, 0.1) is 0 Å². The van der Waals surface area contributed by atoms with Crippen LogP contribution in [0.2, 0.25) is 0 Å². The number of halogens is 1. The normalized spacial score (nSPS) is 14.6. The summed E-state index contributed by atoms with van der Waals surface area (Å²) in [7, 11) is 0. The molecule has 3 rings (SSSR count). The molecule has 4 nitrogen and oxygen atoms in total. The number of aryl methyl sites for hydroxylation is 1. The molecule has 1 heterocycles. The van der Waals surface area contributed by atoms with Crippen molar-refractivity contribution < 1.29 is 9.59 Å². The first-order chi connectivity index (χ1) is 12.1. The number of benzene rings is 2. The van der Waals surface area contributed by atoms with Crippen LogP contribution in [-0.2, 0) is 22.4 Å². The molecule has 0 aromatic heterocycles. The Morgan fingerprint density at radius 3 is 2.68 bits per heavy atom. The number of nitrogens with zero attached hydrogens (tertiary/aromatic N) is 1. The summed E-state index contributed by atoms with van der Waals surface area (Å²) in [5.74, 6) is -0.217. The fourth-order valence-electron chi connectivity index (χ4n) is 3.17. The van der Waals surface area contributed by atoms with Crippen LogP contribution in [0.15, 0.2) is 53.0 Å². The van der Waals surface area contributed by atoms with Crippen LogP contribution in [0.3, 0.4) is 0 Å². The number of carbonyl (C=O) groups excluding carboxylic acids is 2. The SMILES string of the molecule is CC(NC(=O)Cc1ccccc1Br)C(=O)N1CCCc2ccccc21. The first-order valence-electron chi connectivity index (χ1n) is 8.48. The maximum Gasteiger partial charge on any atom is 0.249 e. The topological polar surface area (TPSA) is 49.4 Å². The molecule has 1 atom stereocenters. The van der Waals surface area contributed by atoms with Crippen molar-refractivity contribution in [2.24, 2.45) is 0 Å². The molecule has 2 amide bonds. The highest BCUT2D eigenvalue weighted by molar-refractivity contribution is 9.10. The highest BCUT2D eigenvalue weighted by atomic mass is 79.9. The van der Waals surface area contributed by atoms with Gasteiger partial charge in [0.15, 0.2) is 0 Å². The van der Waals surface area contributed by atoms with E-state index in [0.717, 1.165) is 28.6 Å². The third-order valence-electron chi connectivity index (χ3n) is 4.43. The predicted molar refractivity (Wildman–Crippen MR) is 103 cm³/mol. The number of carbonyl (C=O) groups is 2. The van der Waals surface area contributed by atoms with Gasteiger partial charge in [0.1, 0.15) is 6.04 Å². The fourth-order valence-corrected chi connectivity index (χ4v) is 3.59. The monoisotopic (exact) mass is 400 g/mol. The molecule has 130 valence electrons. The van der Waals surface area contributed by atoms with Crippen molar-refractivity contribution in [2.75, 3.05) is 11.4 Å². The average Bonchev–Trinajstić information content (AvgIpc) is 2.62. The Labute approximate surface area is 156 Å². The van der Waals surface area contributed by atoms with Crippen LogP contribution in [0.25, 0.3) is 0 Å².